The predicted octanol–water partition coefficient (Wildman–Crippen LogP) is -1.66. The van der Waals surface area contributed by atoms with Crippen LogP contribution in [0.3, 0.4) is 0 Å². The van der Waals surface area contributed by atoms with Gasteiger partial charge in [0, 0.05) is 6.54 Å². The smallest absolute Gasteiger partial charge is 0.335 e. The highest BCUT2D eigenvalue weighted by atomic mass is 32.2. The molecule has 8 nitrogen and oxygen atoms in total. The molecule has 0 unspecified atom stereocenters. The number of nitrogens with two attached hydrogens (primary N) is 1. The van der Waals surface area contributed by atoms with Crippen molar-refractivity contribution in [1.82, 2.24) is 6.15 Å². The molecule has 14 heavy (non-hydrogen) atoms. The van der Waals surface area contributed by atoms with Crippen molar-refractivity contribution in [3.63, 3.8) is 0 Å². The molecule has 6 N–H and O–H groups in total. The monoisotopic (exact) mass is 250 g/mol. The maximum Gasteiger partial charge on any atom is 0.335 e. The summed E-state index contributed by atoms with van der Waals surface area (Å²) in [5.41, 5.74) is 4.78. The summed E-state index contributed by atoms with van der Waals surface area (Å²) in [6.45, 7) is 1.97. The Morgan fingerprint density at radius 2 is 1.64 bits per heavy atom. The van der Waals surface area contributed by atoms with E-state index in [0.29, 0.717) is 0 Å². The van der Waals surface area contributed by atoms with Crippen LogP contribution in [0.1, 0.15) is 0 Å². The Labute approximate surface area is 85.7 Å². The molecule has 1 aliphatic rings. The average molecular weight is 250 g/mol. The Bertz CT molecular complexity index is 229. The van der Waals surface area contributed by atoms with Gasteiger partial charge in [-0.15, -0.1) is 0 Å². The van der Waals surface area contributed by atoms with Crippen LogP contribution in [0, 0.1) is 0 Å². The first-order valence-electron chi connectivity index (χ1n) is 3.12. The molecule has 1 saturated heterocycles. The van der Waals surface area contributed by atoms with E-state index in [0.717, 1.165) is 13.2 Å². The average Bonchev–Trinajstić information content (AvgIpc) is 2.68. The summed E-state index contributed by atoms with van der Waals surface area (Å²) in [6, 6.07) is 0. The lowest BCUT2D eigenvalue weighted by molar-refractivity contribution is 0.475. The summed E-state index contributed by atoms with van der Waals surface area (Å²) in [7, 11) is -3.80. The highest BCUT2D eigenvalue weighted by Crippen LogP contribution is 1.84. The SMILES string of the molecule is C1CO1.N.NCCS(=O)(=O)O.O=S=O. The normalized spacial score (nSPS) is 11.9. The van der Waals surface area contributed by atoms with Gasteiger partial charge in [0.25, 0.3) is 10.1 Å². The summed E-state index contributed by atoms with van der Waals surface area (Å²) in [4.78, 5) is 0. The largest absolute Gasteiger partial charge is 0.377 e. The number of ether oxygens (including phenoxy) is 1. The summed E-state index contributed by atoms with van der Waals surface area (Å²) in [5.74, 6) is -0.354. The summed E-state index contributed by atoms with van der Waals surface area (Å²) in [6.07, 6.45) is 0. The third kappa shape index (κ3) is 61.5. The molecule has 1 heterocycles. The molecule has 1 rings (SSSR count). The van der Waals surface area contributed by atoms with Crippen molar-refractivity contribution in [2.24, 2.45) is 5.73 Å². The molecular weight excluding hydrogens is 236 g/mol. The highest BCUT2D eigenvalue weighted by molar-refractivity contribution is 7.85. The first-order chi connectivity index (χ1) is 5.97. The van der Waals surface area contributed by atoms with Crippen LogP contribution in [-0.4, -0.2) is 46.9 Å². The van der Waals surface area contributed by atoms with Crippen LogP contribution in [0.15, 0.2) is 0 Å². The molecule has 0 atom stereocenters. The van der Waals surface area contributed by atoms with Gasteiger partial charge in [-0.05, 0) is 0 Å². The number of epoxide rings is 1. The van der Waals surface area contributed by atoms with Gasteiger partial charge < -0.3 is 16.6 Å². The van der Waals surface area contributed by atoms with Crippen molar-refractivity contribution in [1.29, 1.82) is 0 Å². The molecular formula is C4H14N2O6S2. The second-order valence-electron chi connectivity index (χ2n) is 1.76. The van der Waals surface area contributed by atoms with Gasteiger partial charge in [-0.1, -0.05) is 0 Å². The molecule has 0 bridgehead atoms. The first-order valence-corrected chi connectivity index (χ1v) is 5.40. The van der Waals surface area contributed by atoms with Crippen LogP contribution < -0.4 is 11.9 Å². The minimum atomic E-state index is -3.80. The van der Waals surface area contributed by atoms with E-state index in [9.17, 15) is 8.42 Å². The van der Waals surface area contributed by atoms with E-state index in [1.807, 2.05) is 0 Å². The topological polar surface area (TPSA) is 162 Å². The molecule has 0 aromatic carbocycles. The fraction of sp³-hybridized carbons (Fsp3) is 1.00. The van der Waals surface area contributed by atoms with Gasteiger partial charge in [-0.25, -0.2) is 0 Å². The number of rotatable bonds is 2. The molecule has 0 saturated carbocycles. The zero-order chi connectivity index (χ0) is 10.7. The molecule has 88 valence electrons. The van der Waals surface area contributed by atoms with E-state index in [1.54, 1.807) is 0 Å². The fourth-order valence-corrected chi connectivity index (χ4v) is 0.447. The summed E-state index contributed by atoms with van der Waals surface area (Å²) >= 11 is -0.750. The highest BCUT2D eigenvalue weighted by Gasteiger charge is 1.98. The van der Waals surface area contributed by atoms with Crippen LogP contribution in [0.25, 0.3) is 0 Å². The summed E-state index contributed by atoms with van der Waals surface area (Å²) in [5, 5.41) is 0. The summed E-state index contributed by atoms with van der Waals surface area (Å²) < 4.78 is 48.4. The third-order valence-corrected chi connectivity index (χ3v) is 1.33. The Kier molecular flexibility index (Phi) is 17.3. The molecule has 1 aliphatic heterocycles. The van der Waals surface area contributed by atoms with Crippen molar-refractivity contribution in [3.8, 4) is 0 Å². The molecule has 0 aromatic rings. The van der Waals surface area contributed by atoms with Gasteiger partial charge in [0.2, 0.25) is 0 Å². The van der Waals surface area contributed by atoms with Crippen molar-refractivity contribution >= 4 is 21.7 Å². The van der Waals surface area contributed by atoms with Gasteiger partial charge in [0.15, 0.2) is 0 Å². The first kappa shape index (κ1) is 19.2. The van der Waals surface area contributed by atoms with E-state index in [2.05, 4.69) is 4.74 Å². The van der Waals surface area contributed by atoms with Gasteiger partial charge in [-0.2, -0.15) is 16.8 Å². The predicted molar refractivity (Wildman–Crippen MR) is 50.2 cm³/mol. The Morgan fingerprint density at radius 1 is 1.36 bits per heavy atom. The molecule has 1 fully saturated rings. The zero-order valence-electron chi connectivity index (χ0n) is 7.42. The quantitative estimate of drug-likeness (QED) is 0.387. The van der Waals surface area contributed by atoms with E-state index < -0.39 is 21.7 Å². The van der Waals surface area contributed by atoms with Crippen LogP contribution in [0.2, 0.25) is 0 Å². The van der Waals surface area contributed by atoms with Crippen molar-refractivity contribution in [3.05, 3.63) is 0 Å². The maximum atomic E-state index is 9.71. The standard InChI is InChI=1S/C2H7NO3S.C2H4O.H3N.O2S/c3-1-2-7(4,5)6;1-2-3-1;;1-3-2/h1-3H2,(H,4,5,6);1-2H2;1H3;. The lowest BCUT2D eigenvalue weighted by Gasteiger charge is -1.86. The van der Waals surface area contributed by atoms with Crippen LogP contribution in [-0.2, 0) is 26.4 Å². The molecule has 0 radical (unpaired) electrons. The lowest BCUT2D eigenvalue weighted by atomic mass is 10.8. The Balaban J connectivity index is -0.000000144. The Morgan fingerprint density at radius 3 is 1.64 bits per heavy atom. The fourth-order valence-electron chi connectivity index (χ4n) is 0.149. The molecule has 0 spiro atoms. The van der Waals surface area contributed by atoms with Crippen LogP contribution in [0.4, 0.5) is 0 Å². The minimum Gasteiger partial charge on any atom is -0.377 e. The minimum absolute atomic E-state index is 0. The van der Waals surface area contributed by atoms with E-state index in [1.165, 1.54) is 0 Å². The maximum absolute atomic E-state index is 9.71. The molecule has 10 heteroatoms. The third-order valence-electron chi connectivity index (χ3n) is 0.580. The molecule has 0 aromatic heterocycles. The number of hydrogen-bond acceptors (Lipinski definition) is 7. The van der Waals surface area contributed by atoms with E-state index >= 15 is 0 Å². The second kappa shape index (κ2) is 12.6. The molecule has 0 aliphatic carbocycles. The Hall–Kier alpha value is -0.390. The second-order valence-corrected chi connectivity index (χ2v) is 3.46. The lowest BCUT2D eigenvalue weighted by Crippen LogP contribution is -2.13. The van der Waals surface area contributed by atoms with Gasteiger partial charge in [0.05, 0.1) is 19.0 Å². The van der Waals surface area contributed by atoms with Crippen molar-refractivity contribution in [2.75, 3.05) is 25.5 Å². The van der Waals surface area contributed by atoms with Crippen molar-refractivity contribution in [2.45, 2.75) is 0 Å². The van der Waals surface area contributed by atoms with Gasteiger partial charge in [0.1, 0.15) is 0 Å². The van der Waals surface area contributed by atoms with Crippen LogP contribution >= 0.6 is 0 Å². The van der Waals surface area contributed by atoms with Gasteiger partial charge >= 0.3 is 11.6 Å². The van der Waals surface area contributed by atoms with Crippen molar-refractivity contribution < 1.29 is 26.1 Å². The van der Waals surface area contributed by atoms with E-state index in [-0.39, 0.29) is 18.4 Å². The zero-order valence-corrected chi connectivity index (χ0v) is 9.05. The van der Waals surface area contributed by atoms with E-state index in [4.69, 9.17) is 18.7 Å². The molecule has 0 amide bonds. The van der Waals surface area contributed by atoms with Crippen LogP contribution in [0.5, 0.6) is 0 Å². The van der Waals surface area contributed by atoms with Gasteiger partial charge in [-0.3, -0.25) is 4.55 Å². The number of hydrogen-bond donors (Lipinski definition) is 3.